The molecule has 158 valence electrons. The molecule has 0 saturated carbocycles. The van der Waals surface area contributed by atoms with Crippen molar-refractivity contribution in [2.45, 2.75) is 24.2 Å². The third kappa shape index (κ3) is 5.99. The summed E-state index contributed by atoms with van der Waals surface area (Å²) in [5.74, 6) is -2.55. The molecule has 2 rings (SSSR count). The van der Waals surface area contributed by atoms with Crippen LogP contribution in [0.15, 0.2) is 40.4 Å². The van der Waals surface area contributed by atoms with Gasteiger partial charge in [-0.05, 0) is 36.8 Å². The van der Waals surface area contributed by atoms with Crippen molar-refractivity contribution in [3.8, 4) is 0 Å². The normalized spacial score (nSPS) is 14.0. The number of aryl methyl sites for hydroxylation is 1. The quantitative estimate of drug-likeness (QED) is 0.425. The van der Waals surface area contributed by atoms with Crippen molar-refractivity contribution in [1.82, 2.24) is 4.98 Å². The summed E-state index contributed by atoms with van der Waals surface area (Å²) in [5.41, 5.74) is -1.33. The molecular formula is C17H14F7N3OS. The molecule has 1 aromatic carbocycles. The maximum absolute atomic E-state index is 14.3. The van der Waals surface area contributed by atoms with Gasteiger partial charge in [0.05, 0.1) is 16.5 Å². The van der Waals surface area contributed by atoms with Gasteiger partial charge in [0.25, 0.3) is 0 Å². The van der Waals surface area contributed by atoms with Gasteiger partial charge < -0.3 is 5.32 Å². The van der Waals surface area contributed by atoms with Crippen LogP contribution in [0.4, 0.5) is 36.4 Å². The number of rotatable bonds is 4. The summed E-state index contributed by atoms with van der Waals surface area (Å²) in [7, 11) is -1.19. The smallest absolute Gasteiger partial charge is 0.338 e. The van der Waals surface area contributed by atoms with Crippen molar-refractivity contribution in [2.75, 3.05) is 18.1 Å². The number of hydrogen-bond acceptors (Lipinski definition) is 3. The van der Waals surface area contributed by atoms with E-state index in [1.807, 2.05) is 0 Å². The molecule has 0 fully saturated rings. The third-order valence-corrected chi connectivity index (χ3v) is 5.13. The van der Waals surface area contributed by atoms with Crippen LogP contribution in [0.1, 0.15) is 16.8 Å². The first kappa shape index (κ1) is 22.8. The minimum absolute atomic E-state index is 0.0572. The second-order valence-electron chi connectivity index (χ2n) is 5.83. The van der Waals surface area contributed by atoms with Crippen molar-refractivity contribution >= 4 is 22.3 Å². The number of benzene rings is 1. The first-order valence-electron chi connectivity index (χ1n) is 7.84. The van der Waals surface area contributed by atoms with E-state index in [1.165, 1.54) is 14.0 Å². The summed E-state index contributed by atoms with van der Waals surface area (Å²) in [5, 5.41) is 2.49. The predicted octanol–water partition coefficient (Wildman–Crippen LogP) is 4.71. The van der Waals surface area contributed by atoms with E-state index in [4.69, 9.17) is 0 Å². The van der Waals surface area contributed by atoms with Crippen LogP contribution >= 0.6 is 0 Å². The van der Waals surface area contributed by atoms with E-state index in [9.17, 15) is 34.9 Å². The van der Waals surface area contributed by atoms with E-state index in [0.29, 0.717) is 6.07 Å². The molecule has 0 aliphatic heterocycles. The SMILES string of the molecule is CN=C(Nc1cc(S(=O)CC(F)(F)F)c(C)cc1F)c1ccc(C(F)(F)F)nc1. The maximum Gasteiger partial charge on any atom is 0.433 e. The van der Waals surface area contributed by atoms with Crippen LogP contribution in [0.5, 0.6) is 0 Å². The molecule has 12 heteroatoms. The highest BCUT2D eigenvalue weighted by Crippen LogP contribution is 2.28. The number of pyridine rings is 1. The van der Waals surface area contributed by atoms with Crippen molar-refractivity contribution in [3.63, 3.8) is 0 Å². The summed E-state index contributed by atoms with van der Waals surface area (Å²) < 4.78 is 102. The standard InChI is InChI=1S/C17H14F7N3OS/c1-9-5-11(18)12(6-13(9)29(28)8-16(19,20)21)27-15(25-2)10-3-4-14(26-7-10)17(22,23)24/h3-7H,8H2,1-2H3,(H,25,27). The van der Waals surface area contributed by atoms with Crippen LogP contribution in [0, 0.1) is 12.7 Å². The summed E-state index contributed by atoms with van der Waals surface area (Å²) in [6.07, 6.45) is -8.45. The first-order valence-corrected chi connectivity index (χ1v) is 9.16. The molecule has 2 aromatic rings. The van der Waals surface area contributed by atoms with Crippen molar-refractivity contribution in [2.24, 2.45) is 4.99 Å². The fraction of sp³-hybridized carbons (Fsp3) is 0.294. The molecule has 0 amide bonds. The number of amidine groups is 1. The highest BCUT2D eigenvalue weighted by atomic mass is 32.2. The van der Waals surface area contributed by atoms with E-state index in [2.05, 4.69) is 15.3 Å². The van der Waals surface area contributed by atoms with Gasteiger partial charge in [-0.25, -0.2) is 4.39 Å². The number of anilines is 1. The van der Waals surface area contributed by atoms with Crippen LogP contribution in [-0.4, -0.2) is 34.0 Å². The maximum atomic E-state index is 14.3. The van der Waals surface area contributed by atoms with Crippen LogP contribution in [0.2, 0.25) is 0 Å². The fourth-order valence-corrected chi connectivity index (χ4v) is 3.43. The van der Waals surface area contributed by atoms with Crippen molar-refractivity contribution in [1.29, 1.82) is 0 Å². The summed E-state index contributed by atoms with van der Waals surface area (Å²) in [4.78, 5) is 6.85. The molecule has 0 saturated heterocycles. The second kappa shape index (κ2) is 8.47. The Hall–Kier alpha value is -2.50. The molecule has 1 atom stereocenters. The van der Waals surface area contributed by atoms with Gasteiger partial charge >= 0.3 is 12.4 Å². The Balaban J connectivity index is 2.34. The minimum atomic E-state index is -4.68. The summed E-state index contributed by atoms with van der Waals surface area (Å²) in [6, 6.07) is 3.62. The Morgan fingerprint density at radius 1 is 1.17 bits per heavy atom. The first-order chi connectivity index (χ1) is 13.3. The lowest BCUT2D eigenvalue weighted by molar-refractivity contribution is -0.141. The van der Waals surface area contributed by atoms with Crippen LogP contribution in [0.3, 0.4) is 0 Å². The molecule has 1 unspecified atom stereocenters. The predicted molar refractivity (Wildman–Crippen MR) is 93.8 cm³/mol. The zero-order valence-electron chi connectivity index (χ0n) is 15.0. The molecule has 1 N–H and O–H groups in total. The lowest BCUT2D eigenvalue weighted by atomic mass is 10.2. The molecule has 0 radical (unpaired) electrons. The molecule has 0 aliphatic carbocycles. The Labute approximate surface area is 163 Å². The number of aromatic nitrogens is 1. The Kier molecular flexibility index (Phi) is 6.66. The fourth-order valence-electron chi connectivity index (χ4n) is 2.31. The van der Waals surface area contributed by atoms with E-state index >= 15 is 0 Å². The summed E-state index contributed by atoms with van der Waals surface area (Å²) >= 11 is 0. The Morgan fingerprint density at radius 2 is 1.83 bits per heavy atom. The van der Waals surface area contributed by atoms with Gasteiger partial charge in [-0.3, -0.25) is 14.2 Å². The molecule has 0 bridgehead atoms. The van der Waals surface area contributed by atoms with Crippen LogP contribution in [-0.2, 0) is 17.0 Å². The molecular weight excluding hydrogens is 427 g/mol. The zero-order chi connectivity index (χ0) is 22.0. The molecule has 1 heterocycles. The summed E-state index contributed by atoms with van der Waals surface area (Å²) in [6.45, 7) is 1.31. The number of hydrogen-bond donors (Lipinski definition) is 1. The highest BCUT2D eigenvalue weighted by Gasteiger charge is 2.33. The number of nitrogens with one attached hydrogen (secondary N) is 1. The topological polar surface area (TPSA) is 54.4 Å². The van der Waals surface area contributed by atoms with Gasteiger partial charge in [0.2, 0.25) is 0 Å². The van der Waals surface area contributed by atoms with Crippen molar-refractivity contribution in [3.05, 3.63) is 53.1 Å². The van der Waals surface area contributed by atoms with E-state index < -0.39 is 40.4 Å². The molecule has 1 aromatic heterocycles. The largest absolute Gasteiger partial charge is 0.433 e. The van der Waals surface area contributed by atoms with Gasteiger partial charge in [0.1, 0.15) is 23.1 Å². The van der Waals surface area contributed by atoms with Crippen molar-refractivity contribution < 1.29 is 34.9 Å². The zero-order valence-corrected chi connectivity index (χ0v) is 15.8. The number of halogens is 7. The van der Waals surface area contributed by atoms with Gasteiger partial charge in [-0.15, -0.1) is 0 Å². The molecule has 0 aliphatic rings. The lowest BCUT2D eigenvalue weighted by Gasteiger charge is -2.15. The molecule has 0 spiro atoms. The second-order valence-corrected chi connectivity index (χ2v) is 7.25. The van der Waals surface area contributed by atoms with Gasteiger partial charge in [-0.1, -0.05) is 0 Å². The van der Waals surface area contributed by atoms with Gasteiger partial charge in [0.15, 0.2) is 0 Å². The number of nitrogens with zero attached hydrogens (tertiary/aromatic N) is 2. The average Bonchev–Trinajstić information content (AvgIpc) is 2.59. The number of alkyl halides is 6. The third-order valence-electron chi connectivity index (χ3n) is 3.61. The lowest BCUT2D eigenvalue weighted by Crippen LogP contribution is -2.20. The monoisotopic (exact) mass is 441 g/mol. The Bertz CT molecular complexity index is 938. The van der Waals surface area contributed by atoms with Crippen LogP contribution in [0.25, 0.3) is 0 Å². The minimum Gasteiger partial charge on any atom is -0.338 e. The van der Waals surface area contributed by atoms with Crippen LogP contribution < -0.4 is 5.32 Å². The van der Waals surface area contributed by atoms with Gasteiger partial charge in [-0.2, -0.15) is 26.3 Å². The molecule has 4 nitrogen and oxygen atoms in total. The average molecular weight is 441 g/mol. The molecule has 29 heavy (non-hydrogen) atoms. The van der Waals surface area contributed by atoms with E-state index in [1.54, 1.807) is 0 Å². The Morgan fingerprint density at radius 3 is 2.31 bits per heavy atom. The van der Waals surface area contributed by atoms with Gasteiger partial charge in [0, 0.05) is 23.7 Å². The van der Waals surface area contributed by atoms with E-state index in [0.717, 1.165) is 24.4 Å². The van der Waals surface area contributed by atoms with E-state index in [-0.39, 0.29) is 27.5 Å². The number of aliphatic imine (C=N–C) groups is 1. The highest BCUT2D eigenvalue weighted by molar-refractivity contribution is 7.85.